The Bertz CT molecular complexity index is 1070. The summed E-state index contributed by atoms with van der Waals surface area (Å²) in [6, 6.07) is 15.7. The van der Waals surface area contributed by atoms with E-state index < -0.39 is 5.56 Å². The van der Waals surface area contributed by atoms with Crippen LogP contribution >= 0.6 is 11.6 Å². The van der Waals surface area contributed by atoms with Crippen LogP contribution in [-0.4, -0.2) is 30.0 Å². The van der Waals surface area contributed by atoms with E-state index in [4.69, 9.17) is 26.3 Å². The molecule has 1 aliphatic rings. The normalized spacial score (nSPS) is 12.8. The van der Waals surface area contributed by atoms with Gasteiger partial charge in [0.25, 0.3) is 5.56 Å². The van der Waals surface area contributed by atoms with Gasteiger partial charge in [-0.2, -0.15) is 15.0 Å². The van der Waals surface area contributed by atoms with E-state index in [1.807, 2.05) is 0 Å². The van der Waals surface area contributed by atoms with Crippen molar-refractivity contribution in [3.05, 3.63) is 75.7 Å². The van der Waals surface area contributed by atoms with Gasteiger partial charge in [-0.15, -0.1) is 0 Å². The van der Waals surface area contributed by atoms with E-state index in [1.54, 1.807) is 55.6 Å². The summed E-state index contributed by atoms with van der Waals surface area (Å²) >= 11 is 6.03. The van der Waals surface area contributed by atoms with E-state index in [9.17, 15) is 4.79 Å². The fourth-order valence-corrected chi connectivity index (χ4v) is 3.09. The first-order valence-electron chi connectivity index (χ1n) is 9.94. The van der Waals surface area contributed by atoms with Crippen LogP contribution in [-0.2, 0) is 4.74 Å². The van der Waals surface area contributed by atoms with Crippen molar-refractivity contribution in [3.8, 4) is 23.3 Å². The average molecular weight is 439 g/mol. The third-order valence-electron chi connectivity index (χ3n) is 4.57. The van der Waals surface area contributed by atoms with E-state index in [-0.39, 0.29) is 5.02 Å². The van der Waals surface area contributed by atoms with Crippen LogP contribution in [0.3, 0.4) is 0 Å². The fraction of sp³-hybridized carbons (Fsp3) is 0.261. The highest BCUT2D eigenvalue weighted by Gasteiger charge is 2.09. The maximum Gasteiger partial charge on any atom is 0.292 e. The standard InChI is InChI=1S/C18H13ClN4O2.C5H10O/c1-21-16-11-22-23(18(24)17(16)19)13-4-8-15(9-5-13)25-14-6-2-12(10-20)3-7-14;1-2-4-6-5-3-1/h2-9,11,21H,1H3;1-5H2. The number of hydrogen-bond acceptors (Lipinski definition) is 6. The molecule has 7 nitrogen and oxygen atoms in total. The molecule has 1 saturated heterocycles. The Hall–Kier alpha value is -3.34. The first-order chi connectivity index (χ1) is 15.1. The number of ether oxygens (including phenoxy) is 2. The van der Waals surface area contributed by atoms with Crippen molar-refractivity contribution in [3.63, 3.8) is 0 Å². The summed E-state index contributed by atoms with van der Waals surface area (Å²) in [5.41, 5.74) is 1.20. The molecule has 3 aromatic rings. The number of rotatable bonds is 4. The Morgan fingerprint density at radius 3 is 2.16 bits per heavy atom. The summed E-state index contributed by atoms with van der Waals surface area (Å²) in [6.07, 6.45) is 5.42. The number of anilines is 1. The van der Waals surface area contributed by atoms with Gasteiger partial charge in [-0.1, -0.05) is 11.6 Å². The molecule has 0 spiro atoms. The predicted octanol–water partition coefficient (Wildman–Crippen LogP) is 4.78. The summed E-state index contributed by atoms with van der Waals surface area (Å²) in [5.74, 6) is 1.21. The Morgan fingerprint density at radius 1 is 1.06 bits per heavy atom. The topological polar surface area (TPSA) is 89.2 Å². The van der Waals surface area contributed by atoms with E-state index in [0.717, 1.165) is 13.2 Å². The quantitative estimate of drug-likeness (QED) is 0.630. The minimum atomic E-state index is -0.408. The highest BCUT2D eigenvalue weighted by atomic mass is 35.5. The summed E-state index contributed by atoms with van der Waals surface area (Å²) in [6.45, 7) is 2.00. The molecule has 0 aliphatic carbocycles. The molecule has 0 radical (unpaired) electrons. The van der Waals surface area contributed by atoms with Crippen molar-refractivity contribution >= 4 is 17.3 Å². The van der Waals surface area contributed by atoms with Gasteiger partial charge in [0.2, 0.25) is 0 Å². The van der Waals surface area contributed by atoms with Crippen molar-refractivity contribution < 1.29 is 9.47 Å². The summed E-state index contributed by atoms with van der Waals surface area (Å²) in [5, 5.41) is 15.8. The van der Waals surface area contributed by atoms with Crippen molar-refractivity contribution in [2.24, 2.45) is 0 Å². The van der Waals surface area contributed by atoms with Crippen LogP contribution < -0.4 is 15.6 Å². The molecule has 0 amide bonds. The molecule has 0 unspecified atom stereocenters. The molecule has 2 aromatic carbocycles. The van der Waals surface area contributed by atoms with Gasteiger partial charge in [-0.3, -0.25) is 4.79 Å². The van der Waals surface area contributed by atoms with Crippen LogP contribution in [0, 0.1) is 11.3 Å². The van der Waals surface area contributed by atoms with Crippen molar-refractivity contribution in [1.29, 1.82) is 5.26 Å². The number of hydrogen-bond donors (Lipinski definition) is 1. The summed E-state index contributed by atoms with van der Waals surface area (Å²) < 4.78 is 12.0. The van der Waals surface area contributed by atoms with Crippen LogP contribution in [0.2, 0.25) is 5.02 Å². The highest BCUT2D eigenvalue weighted by molar-refractivity contribution is 6.32. The molecular weight excluding hydrogens is 416 g/mol. The highest BCUT2D eigenvalue weighted by Crippen LogP contribution is 2.23. The Morgan fingerprint density at radius 2 is 1.68 bits per heavy atom. The molecule has 31 heavy (non-hydrogen) atoms. The Kier molecular flexibility index (Phi) is 8.05. The molecule has 0 bridgehead atoms. The number of nitriles is 1. The lowest BCUT2D eigenvalue weighted by Gasteiger charge is -2.09. The fourth-order valence-electron chi connectivity index (χ4n) is 2.87. The van der Waals surface area contributed by atoms with Crippen molar-refractivity contribution in [2.45, 2.75) is 19.3 Å². The van der Waals surface area contributed by atoms with Crippen LogP contribution in [0.4, 0.5) is 5.69 Å². The smallest absolute Gasteiger partial charge is 0.292 e. The Balaban J connectivity index is 0.000000391. The zero-order valence-electron chi connectivity index (χ0n) is 17.2. The van der Waals surface area contributed by atoms with E-state index in [0.29, 0.717) is 28.4 Å². The number of nitrogens with one attached hydrogen (secondary N) is 1. The second-order valence-electron chi connectivity index (χ2n) is 6.74. The van der Waals surface area contributed by atoms with Crippen molar-refractivity contribution in [2.75, 3.05) is 25.6 Å². The van der Waals surface area contributed by atoms with Crippen LogP contribution in [0.15, 0.2) is 59.5 Å². The van der Waals surface area contributed by atoms with Gasteiger partial charge in [0.1, 0.15) is 16.5 Å². The zero-order chi connectivity index (χ0) is 22.1. The second-order valence-corrected chi connectivity index (χ2v) is 7.12. The molecule has 1 aromatic heterocycles. The number of aromatic nitrogens is 2. The van der Waals surface area contributed by atoms with Gasteiger partial charge in [-0.05, 0) is 67.8 Å². The summed E-state index contributed by atoms with van der Waals surface area (Å²) in [7, 11) is 1.67. The van der Waals surface area contributed by atoms with Gasteiger partial charge < -0.3 is 14.8 Å². The monoisotopic (exact) mass is 438 g/mol. The van der Waals surface area contributed by atoms with Crippen LogP contribution in [0.25, 0.3) is 5.69 Å². The molecule has 4 rings (SSSR count). The summed E-state index contributed by atoms with van der Waals surface area (Å²) in [4.78, 5) is 12.3. The van der Waals surface area contributed by atoms with E-state index in [1.165, 1.54) is 30.1 Å². The van der Waals surface area contributed by atoms with E-state index >= 15 is 0 Å². The molecular formula is C23H23ClN4O3. The molecule has 1 fully saturated rings. The second kappa shape index (κ2) is 11.2. The van der Waals surface area contributed by atoms with Gasteiger partial charge >= 0.3 is 0 Å². The third kappa shape index (κ3) is 6.07. The van der Waals surface area contributed by atoms with Gasteiger partial charge in [0.05, 0.1) is 29.2 Å². The maximum atomic E-state index is 12.3. The van der Waals surface area contributed by atoms with Crippen LogP contribution in [0.5, 0.6) is 11.5 Å². The lowest BCUT2D eigenvalue weighted by Crippen LogP contribution is -2.22. The third-order valence-corrected chi connectivity index (χ3v) is 4.93. The number of halogens is 1. The van der Waals surface area contributed by atoms with Crippen LogP contribution in [0.1, 0.15) is 24.8 Å². The molecule has 0 saturated carbocycles. The zero-order valence-corrected chi connectivity index (χ0v) is 17.9. The lowest BCUT2D eigenvalue weighted by molar-refractivity contribution is 0.0968. The van der Waals surface area contributed by atoms with Gasteiger partial charge in [0, 0.05) is 20.3 Å². The first-order valence-corrected chi connectivity index (χ1v) is 10.3. The lowest BCUT2D eigenvalue weighted by atomic mass is 10.2. The first kappa shape index (κ1) is 22.3. The Labute approximate surface area is 185 Å². The SMILES string of the molecule is C1CCOCC1.CNc1cnn(-c2ccc(Oc3ccc(C#N)cc3)cc2)c(=O)c1Cl. The predicted molar refractivity (Wildman–Crippen MR) is 120 cm³/mol. The minimum Gasteiger partial charge on any atom is -0.457 e. The average Bonchev–Trinajstić information content (AvgIpc) is 2.83. The van der Waals surface area contributed by atoms with Crippen molar-refractivity contribution in [1.82, 2.24) is 9.78 Å². The van der Waals surface area contributed by atoms with Gasteiger partial charge in [0.15, 0.2) is 0 Å². The van der Waals surface area contributed by atoms with Gasteiger partial charge in [-0.25, -0.2) is 0 Å². The molecule has 0 atom stereocenters. The number of benzene rings is 2. The maximum absolute atomic E-state index is 12.3. The van der Waals surface area contributed by atoms with E-state index in [2.05, 4.69) is 16.5 Å². The largest absolute Gasteiger partial charge is 0.457 e. The molecule has 8 heteroatoms. The molecule has 160 valence electrons. The molecule has 2 heterocycles. The molecule has 1 N–H and O–H groups in total. The molecule has 1 aliphatic heterocycles. The number of nitrogens with zero attached hydrogens (tertiary/aromatic N) is 3. The minimum absolute atomic E-state index is 0.0791.